The van der Waals surface area contributed by atoms with Crippen molar-refractivity contribution in [1.29, 1.82) is 0 Å². The molecule has 8 atom stereocenters. The number of hydrogen-bond donors (Lipinski definition) is 6. The lowest BCUT2D eigenvalue weighted by Crippen LogP contribution is -2.50. The van der Waals surface area contributed by atoms with E-state index in [-0.39, 0.29) is 34.4 Å². The molecule has 4 aromatic rings. The largest absolute Gasteiger partial charge is 0.472 e. The molecule has 2 aliphatic heterocycles. The number of aromatic nitrogens is 8. The fourth-order valence-electron chi connectivity index (χ4n) is 5.45. The van der Waals surface area contributed by atoms with Crippen molar-refractivity contribution in [2.75, 3.05) is 24.7 Å². The van der Waals surface area contributed by atoms with Gasteiger partial charge in [0.25, 0.3) is 5.56 Å². The number of ether oxygens (including phenoxy) is 2. The average molecular weight is 711 g/mol. The summed E-state index contributed by atoms with van der Waals surface area (Å²) in [5.74, 6) is -0.0135. The second kappa shape index (κ2) is 12.5. The molecule has 20 nitrogen and oxygen atoms in total. The van der Waals surface area contributed by atoms with Gasteiger partial charge in [-0.15, -0.1) is 0 Å². The highest BCUT2D eigenvalue weighted by atomic mass is 31.2. The van der Waals surface area contributed by atoms with Crippen LogP contribution in [0, 0.1) is 0 Å². The number of phosphoric acid groups is 1. The van der Waals surface area contributed by atoms with Crippen LogP contribution in [0.25, 0.3) is 22.3 Å². The number of nitrogens with zero attached hydrogens (tertiary/aromatic N) is 7. The zero-order valence-electron chi connectivity index (χ0n) is 26.8. The van der Waals surface area contributed by atoms with Gasteiger partial charge in [0.1, 0.15) is 42.5 Å². The van der Waals surface area contributed by atoms with Gasteiger partial charge in [0.2, 0.25) is 5.95 Å². The number of fused-ring (bicyclic) bond motifs is 2. The Morgan fingerprint density at radius 2 is 1.77 bits per heavy atom. The minimum absolute atomic E-state index is 0.0146. The fourth-order valence-corrected chi connectivity index (χ4v) is 7.70. The smallest absolute Gasteiger partial charge is 0.408 e. The van der Waals surface area contributed by atoms with E-state index in [4.69, 9.17) is 34.4 Å². The first kappa shape index (κ1) is 34.5. The first-order valence-corrected chi connectivity index (χ1v) is 19.5. The van der Waals surface area contributed by atoms with E-state index >= 15 is 0 Å². The molecule has 8 N–H and O–H groups in total. The first-order chi connectivity index (χ1) is 22.5. The molecule has 0 bridgehead atoms. The van der Waals surface area contributed by atoms with Gasteiger partial charge in [-0.05, 0) is 18.1 Å². The molecule has 262 valence electrons. The van der Waals surface area contributed by atoms with Crippen molar-refractivity contribution < 1.29 is 42.6 Å². The number of nitrogen functional groups attached to an aromatic ring is 2. The summed E-state index contributed by atoms with van der Waals surface area (Å²) in [6, 6.07) is 0. The third kappa shape index (κ3) is 6.38. The number of aliphatic hydroxyl groups excluding tert-OH is 2. The molecule has 6 heterocycles. The van der Waals surface area contributed by atoms with Gasteiger partial charge >= 0.3 is 7.82 Å². The number of H-pyrrole nitrogens is 1. The predicted molar refractivity (Wildman–Crippen MR) is 171 cm³/mol. The Morgan fingerprint density at radius 3 is 2.48 bits per heavy atom. The molecule has 0 spiro atoms. The lowest BCUT2D eigenvalue weighted by molar-refractivity contribution is -0.0593. The zero-order chi connectivity index (χ0) is 34.8. The third-order valence-corrected chi connectivity index (χ3v) is 14.4. The first-order valence-electron chi connectivity index (χ1n) is 15.1. The monoisotopic (exact) mass is 710 g/mol. The molecule has 0 aromatic carbocycles. The molecule has 48 heavy (non-hydrogen) atoms. The molecule has 2 aliphatic rings. The lowest BCUT2D eigenvalue weighted by atomic mass is 10.1. The number of rotatable bonds is 10. The van der Waals surface area contributed by atoms with Crippen LogP contribution >= 0.6 is 7.82 Å². The van der Waals surface area contributed by atoms with E-state index in [1.54, 1.807) is 4.57 Å². The van der Waals surface area contributed by atoms with Crippen molar-refractivity contribution >= 4 is 50.2 Å². The van der Waals surface area contributed by atoms with Crippen LogP contribution in [0.1, 0.15) is 39.6 Å². The Balaban J connectivity index is 1.25. The number of imidazole rings is 2. The van der Waals surface area contributed by atoms with Gasteiger partial charge in [0, 0.05) is 6.42 Å². The minimum Gasteiger partial charge on any atom is -0.408 e. The summed E-state index contributed by atoms with van der Waals surface area (Å²) in [6.07, 6.45) is -3.50. The second-order valence-electron chi connectivity index (χ2n) is 13.2. The normalized spacial score (nSPS) is 28.0. The van der Waals surface area contributed by atoms with Gasteiger partial charge in [-0.1, -0.05) is 20.8 Å². The molecule has 6 rings (SSSR count). The maximum atomic E-state index is 13.6. The fraction of sp³-hybridized carbons (Fsp3) is 0.615. The Labute approximate surface area is 274 Å². The van der Waals surface area contributed by atoms with E-state index in [9.17, 15) is 24.5 Å². The molecular weight excluding hydrogens is 671 g/mol. The molecule has 0 radical (unpaired) electrons. The number of aliphatic hydroxyl groups is 2. The SMILES string of the molecule is CC(C)(C)[Si](C)(C)OC1[C@@H](OP(=O)(O)OC[C@H]2O[C@@H](n3cnc4c(N)ncnc43)C[C@@H]2O)[C@H](n2cnc3c(=O)[nH]c(N)nc32)O[C@@H]1CO. The van der Waals surface area contributed by atoms with Gasteiger partial charge in [-0.25, -0.2) is 24.5 Å². The van der Waals surface area contributed by atoms with Crippen LogP contribution < -0.4 is 17.0 Å². The highest BCUT2D eigenvalue weighted by molar-refractivity contribution is 7.47. The predicted octanol–water partition coefficient (Wildman–Crippen LogP) is 0.555. The summed E-state index contributed by atoms with van der Waals surface area (Å²) < 4.78 is 46.4. The lowest BCUT2D eigenvalue weighted by Gasteiger charge is -2.40. The van der Waals surface area contributed by atoms with E-state index < -0.39 is 77.9 Å². The Kier molecular flexibility index (Phi) is 8.98. The topological polar surface area (TPSA) is 283 Å². The van der Waals surface area contributed by atoms with Gasteiger partial charge in [0.15, 0.2) is 37.2 Å². The van der Waals surface area contributed by atoms with E-state index in [2.05, 4.69) is 29.9 Å². The standard InChI is InChI=1S/C26H39N10O10PSi/c1-26(2,3)48(4,5)46-18-13(7-37)44-24(36-11-32-17-22(36)33-25(28)34-23(17)39)19(18)45-47(40,41)42-8-14-12(38)6-15(43-14)35-10-31-16-20(27)29-9-30-21(16)35/h9-15,18-19,24,37-38H,6-8H2,1-5H3,(H,40,41)(H2,27,29,30)(H3,28,33,34,39)/t12-,13+,14+,15+,18?,19+,24+/m0/s1. The maximum Gasteiger partial charge on any atom is 0.472 e. The second-order valence-corrected chi connectivity index (χ2v) is 19.4. The number of aromatic amines is 1. The van der Waals surface area contributed by atoms with Crippen molar-refractivity contribution in [2.45, 2.75) is 88.3 Å². The number of hydrogen-bond acceptors (Lipinski definition) is 16. The van der Waals surface area contributed by atoms with Crippen molar-refractivity contribution in [3.8, 4) is 0 Å². The highest BCUT2D eigenvalue weighted by Gasteiger charge is 2.54. The Morgan fingerprint density at radius 1 is 1.06 bits per heavy atom. The van der Waals surface area contributed by atoms with E-state index in [0.717, 1.165) is 0 Å². The molecule has 0 aliphatic carbocycles. The maximum absolute atomic E-state index is 13.6. The zero-order valence-corrected chi connectivity index (χ0v) is 28.7. The minimum atomic E-state index is -4.97. The summed E-state index contributed by atoms with van der Waals surface area (Å²) >= 11 is 0. The van der Waals surface area contributed by atoms with Crippen LogP contribution in [0.4, 0.5) is 11.8 Å². The van der Waals surface area contributed by atoms with Gasteiger partial charge in [-0.2, -0.15) is 4.98 Å². The van der Waals surface area contributed by atoms with Crippen molar-refractivity contribution in [3.05, 3.63) is 29.3 Å². The molecule has 22 heteroatoms. The summed E-state index contributed by atoms with van der Waals surface area (Å²) in [6.45, 7) is 8.89. The van der Waals surface area contributed by atoms with Crippen molar-refractivity contribution in [3.63, 3.8) is 0 Å². The van der Waals surface area contributed by atoms with E-state index in [1.807, 2.05) is 33.9 Å². The molecule has 2 fully saturated rings. The van der Waals surface area contributed by atoms with Gasteiger partial charge in [0.05, 0.1) is 32.0 Å². The van der Waals surface area contributed by atoms with Crippen molar-refractivity contribution in [2.24, 2.45) is 0 Å². The molecular formula is C26H39N10O10PSi. The molecule has 2 unspecified atom stereocenters. The van der Waals surface area contributed by atoms with Crippen LogP contribution in [-0.4, -0.2) is 106 Å². The number of phosphoric ester groups is 1. The third-order valence-electron chi connectivity index (χ3n) is 8.99. The quantitative estimate of drug-likeness (QED) is 0.0968. The number of anilines is 2. The summed E-state index contributed by atoms with van der Waals surface area (Å²) in [5.41, 5.74) is 11.8. The van der Waals surface area contributed by atoms with E-state index in [1.165, 1.54) is 23.5 Å². The number of nitrogens with two attached hydrogens (primary N) is 2. The highest BCUT2D eigenvalue weighted by Crippen LogP contribution is 2.51. The molecule has 2 saturated heterocycles. The van der Waals surface area contributed by atoms with Crippen LogP contribution in [0.15, 0.2) is 23.8 Å². The summed E-state index contributed by atoms with van der Waals surface area (Å²) in [7, 11) is -7.58. The van der Waals surface area contributed by atoms with Crippen LogP contribution in [0.5, 0.6) is 0 Å². The Bertz CT molecular complexity index is 1910. The van der Waals surface area contributed by atoms with Crippen LogP contribution in [-0.2, 0) is 27.5 Å². The summed E-state index contributed by atoms with van der Waals surface area (Å²) in [4.78, 5) is 46.5. The number of nitrogens with one attached hydrogen (secondary N) is 1. The van der Waals surface area contributed by atoms with Gasteiger partial charge in [-0.3, -0.25) is 28.0 Å². The van der Waals surface area contributed by atoms with E-state index in [0.29, 0.717) is 11.2 Å². The van der Waals surface area contributed by atoms with Crippen LogP contribution in [0.3, 0.4) is 0 Å². The average Bonchev–Trinajstić information content (AvgIpc) is 3.76. The summed E-state index contributed by atoms with van der Waals surface area (Å²) in [5, 5.41) is 20.8. The molecule has 4 aromatic heterocycles. The molecule has 0 saturated carbocycles. The molecule has 0 amide bonds. The van der Waals surface area contributed by atoms with Crippen LogP contribution in [0.2, 0.25) is 18.1 Å². The Hall–Kier alpha value is -3.37. The van der Waals surface area contributed by atoms with Crippen molar-refractivity contribution in [1.82, 2.24) is 39.0 Å². The van der Waals surface area contributed by atoms with Gasteiger partial charge < -0.3 is 40.5 Å².